The molecule has 0 N–H and O–H groups in total. The molecule has 3 nitrogen and oxygen atoms in total. The lowest BCUT2D eigenvalue weighted by molar-refractivity contribution is 0.643. The molecule has 0 spiro atoms. The van der Waals surface area contributed by atoms with Crippen molar-refractivity contribution in [3.05, 3.63) is 32.8 Å². The van der Waals surface area contributed by atoms with Gasteiger partial charge in [0.2, 0.25) is 0 Å². The molecule has 0 aromatic carbocycles. The van der Waals surface area contributed by atoms with Crippen molar-refractivity contribution in [1.29, 1.82) is 0 Å². The molecule has 0 aliphatic heterocycles. The van der Waals surface area contributed by atoms with Crippen LogP contribution in [0.3, 0.4) is 0 Å². The molecule has 1 atom stereocenters. The summed E-state index contributed by atoms with van der Waals surface area (Å²) in [6.45, 7) is 2.03. The van der Waals surface area contributed by atoms with Gasteiger partial charge >= 0.3 is 0 Å². The molecule has 0 amide bonds. The monoisotopic (exact) mass is 181 g/mol. The van der Waals surface area contributed by atoms with Crippen molar-refractivity contribution in [2.24, 2.45) is 5.11 Å². The van der Waals surface area contributed by atoms with Crippen LogP contribution in [0.2, 0.25) is 0 Å². The van der Waals surface area contributed by atoms with E-state index in [1.165, 1.54) is 5.56 Å². The van der Waals surface area contributed by atoms with E-state index in [-0.39, 0.29) is 6.04 Å². The molecule has 0 fully saturated rings. The van der Waals surface area contributed by atoms with Gasteiger partial charge in [-0.3, -0.25) is 0 Å². The molecule has 1 aromatic heterocycles. The van der Waals surface area contributed by atoms with Gasteiger partial charge in [-0.25, -0.2) is 0 Å². The normalized spacial score (nSPS) is 12.1. The molecule has 1 heterocycles. The number of hydrogen-bond donors (Lipinski definition) is 0. The molecule has 0 radical (unpaired) electrons. The lowest BCUT2D eigenvalue weighted by atomic mass is 10.1. The number of nitrogens with zero attached hydrogens (tertiary/aromatic N) is 3. The summed E-state index contributed by atoms with van der Waals surface area (Å²) in [5.74, 6) is 0. The van der Waals surface area contributed by atoms with Gasteiger partial charge in [-0.2, -0.15) is 11.3 Å². The summed E-state index contributed by atoms with van der Waals surface area (Å²) in [6.07, 6.45) is 1.77. The van der Waals surface area contributed by atoms with Crippen molar-refractivity contribution >= 4 is 11.3 Å². The van der Waals surface area contributed by atoms with Gasteiger partial charge in [0.15, 0.2) is 0 Å². The fourth-order valence-electron chi connectivity index (χ4n) is 1.02. The minimum absolute atomic E-state index is 0.115. The van der Waals surface area contributed by atoms with E-state index in [9.17, 15) is 0 Å². The summed E-state index contributed by atoms with van der Waals surface area (Å²) in [5, 5.41) is 7.84. The Morgan fingerprint density at radius 1 is 1.75 bits per heavy atom. The number of rotatable bonds is 4. The largest absolute Gasteiger partial charge is 0.152 e. The van der Waals surface area contributed by atoms with Gasteiger partial charge in [0.05, 0.1) is 0 Å². The SMILES string of the molecule is CCC(Cc1ccsc1)N=[N+]=[N-]. The zero-order valence-corrected chi connectivity index (χ0v) is 7.79. The second kappa shape index (κ2) is 4.80. The zero-order valence-electron chi connectivity index (χ0n) is 6.97. The standard InChI is InChI=1S/C8H11N3S/c1-2-8(10-11-9)5-7-3-4-12-6-7/h3-4,6,8H,2,5H2,1H3. The smallest absolute Gasteiger partial charge is 0.0412 e. The maximum absolute atomic E-state index is 8.26. The van der Waals surface area contributed by atoms with Crippen LogP contribution in [-0.2, 0) is 6.42 Å². The van der Waals surface area contributed by atoms with E-state index in [1.54, 1.807) is 11.3 Å². The van der Waals surface area contributed by atoms with Crippen LogP contribution in [0.4, 0.5) is 0 Å². The Kier molecular flexibility index (Phi) is 3.64. The quantitative estimate of drug-likeness (QED) is 0.388. The van der Waals surface area contributed by atoms with Gasteiger partial charge in [0.1, 0.15) is 0 Å². The van der Waals surface area contributed by atoms with E-state index >= 15 is 0 Å². The highest BCUT2D eigenvalue weighted by molar-refractivity contribution is 7.07. The van der Waals surface area contributed by atoms with Crippen LogP contribution in [0.1, 0.15) is 18.9 Å². The van der Waals surface area contributed by atoms with Crippen molar-refractivity contribution < 1.29 is 0 Å². The Hall–Kier alpha value is -0.990. The van der Waals surface area contributed by atoms with Gasteiger partial charge in [-0.05, 0) is 40.8 Å². The summed E-state index contributed by atoms with van der Waals surface area (Å²) < 4.78 is 0. The second-order valence-electron chi connectivity index (χ2n) is 2.60. The summed E-state index contributed by atoms with van der Waals surface area (Å²) >= 11 is 1.68. The maximum atomic E-state index is 8.26. The van der Waals surface area contributed by atoms with E-state index < -0.39 is 0 Å². The Morgan fingerprint density at radius 3 is 3.08 bits per heavy atom. The molecule has 0 saturated carbocycles. The van der Waals surface area contributed by atoms with Crippen LogP contribution in [0.5, 0.6) is 0 Å². The van der Waals surface area contributed by atoms with Gasteiger partial charge in [-0.1, -0.05) is 12.0 Å². The van der Waals surface area contributed by atoms with Gasteiger partial charge in [0, 0.05) is 11.0 Å². The second-order valence-corrected chi connectivity index (χ2v) is 3.38. The van der Waals surface area contributed by atoms with E-state index in [4.69, 9.17) is 5.53 Å². The number of hydrogen-bond acceptors (Lipinski definition) is 2. The van der Waals surface area contributed by atoms with Crippen LogP contribution in [0.15, 0.2) is 21.9 Å². The van der Waals surface area contributed by atoms with E-state index in [1.807, 2.05) is 12.3 Å². The van der Waals surface area contributed by atoms with Crippen molar-refractivity contribution in [3.8, 4) is 0 Å². The van der Waals surface area contributed by atoms with Crippen molar-refractivity contribution in [2.45, 2.75) is 25.8 Å². The van der Waals surface area contributed by atoms with E-state index in [0.29, 0.717) is 0 Å². The average Bonchev–Trinajstić information content (AvgIpc) is 2.56. The Bertz CT molecular complexity index is 262. The first-order chi connectivity index (χ1) is 5.86. The van der Waals surface area contributed by atoms with Gasteiger partial charge in [0.25, 0.3) is 0 Å². The average molecular weight is 181 g/mol. The summed E-state index contributed by atoms with van der Waals surface area (Å²) in [7, 11) is 0. The minimum Gasteiger partial charge on any atom is -0.152 e. The fraction of sp³-hybridized carbons (Fsp3) is 0.500. The van der Waals surface area contributed by atoms with Gasteiger partial charge < -0.3 is 0 Å². The lowest BCUT2D eigenvalue weighted by Gasteiger charge is -2.04. The first-order valence-electron chi connectivity index (χ1n) is 3.92. The Morgan fingerprint density at radius 2 is 2.58 bits per heavy atom. The predicted molar refractivity (Wildman–Crippen MR) is 51.2 cm³/mol. The minimum atomic E-state index is 0.115. The van der Waals surface area contributed by atoms with Crippen molar-refractivity contribution in [3.63, 3.8) is 0 Å². The van der Waals surface area contributed by atoms with Gasteiger partial charge in [-0.15, -0.1) is 0 Å². The Labute approximate surface area is 75.7 Å². The molecular formula is C8H11N3S. The topological polar surface area (TPSA) is 48.8 Å². The molecule has 0 aliphatic rings. The van der Waals surface area contributed by atoms with Crippen LogP contribution in [0, 0.1) is 0 Å². The van der Waals surface area contributed by atoms with Crippen LogP contribution < -0.4 is 0 Å². The third-order valence-electron chi connectivity index (χ3n) is 1.74. The molecule has 64 valence electrons. The maximum Gasteiger partial charge on any atom is 0.0412 e. The Balaban J connectivity index is 2.54. The van der Waals surface area contributed by atoms with E-state index in [0.717, 1.165) is 12.8 Å². The zero-order chi connectivity index (χ0) is 8.81. The molecule has 12 heavy (non-hydrogen) atoms. The number of thiophene rings is 1. The third-order valence-corrected chi connectivity index (χ3v) is 2.47. The molecule has 0 saturated heterocycles. The van der Waals surface area contributed by atoms with E-state index in [2.05, 4.69) is 21.5 Å². The highest BCUT2D eigenvalue weighted by Gasteiger charge is 2.04. The highest BCUT2D eigenvalue weighted by Crippen LogP contribution is 2.12. The fourth-order valence-corrected chi connectivity index (χ4v) is 1.70. The summed E-state index contributed by atoms with van der Waals surface area (Å²) in [6, 6.07) is 2.19. The first kappa shape index (κ1) is 9.10. The molecule has 1 aromatic rings. The van der Waals surface area contributed by atoms with Crippen molar-refractivity contribution in [1.82, 2.24) is 0 Å². The molecule has 0 bridgehead atoms. The first-order valence-corrected chi connectivity index (χ1v) is 4.86. The lowest BCUT2D eigenvalue weighted by Crippen LogP contribution is -2.04. The predicted octanol–water partition coefficient (Wildman–Crippen LogP) is 3.38. The number of azide groups is 1. The third kappa shape index (κ3) is 2.57. The highest BCUT2D eigenvalue weighted by atomic mass is 32.1. The molecular weight excluding hydrogens is 170 g/mol. The summed E-state index contributed by atoms with van der Waals surface area (Å²) in [5.41, 5.74) is 9.52. The van der Waals surface area contributed by atoms with Crippen molar-refractivity contribution in [2.75, 3.05) is 0 Å². The summed E-state index contributed by atoms with van der Waals surface area (Å²) in [4.78, 5) is 2.82. The van der Waals surface area contributed by atoms with Crippen LogP contribution >= 0.6 is 11.3 Å². The molecule has 1 unspecified atom stereocenters. The molecule has 4 heteroatoms. The molecule has 0 aliphatic carbocycles. The molecule has 1 rings (SSSR count). The van der Waals surface area contributed by atoms with Crippen LogP contribution in [-0.4, -0.2) is 6.04 Å². The van der Waals surface area contributed by atoms with Crippen LogP contribution in [0.25, 0.3) is 10.4 Å².